The molecule has 7 heteroatoms. The normalized spacial score (nSPS) is 11.8. The summed E-state index contributed by atoms with van der Waals surface area (Å²) < 4.78 is 0. The molecule has 3 rings (SSSR count). The van der Waals surface area contributed by atoms with Gasteiger partial charge in [0.2, 0.25) is 11.8 Å². The van der Waals surface area contributed by atoms with E-state index in [1.165, 1.54) is 11.1 Å². The van der Waals surface area contributed by atoms with Crippen molar-refractivity contribution >= 4 is 46.8 Å². The molecular weight excluding hydrogens is 523 g/mol. The summed E-state index contributed by atoms with van der Waals surface area (Å²) in [6.07, 6.45) is 0.407. The predicted molar refractivity (Wildman–Crippen MR) is 156 cm³/mol. The van der Waals surface area contributed by atoms with E-state index in [1.54, 1.807) is 28.8 Å². The summed E-state index contributed by atoms with van der Waals surface area (Å²) in [4.78, 5) is 28.9. The van der Waals surface area contributed by atoms with Gasteiger partial charge in [-0.2, -0.15) is 0 Å². The molecule has 0 spiro atoms. The van der Waals surface area contributed by atoms with Crippen LogP contribution in [0.1, 0.15) is 36.1 Å². The van der Waals surface area contributed by atoms with Gasteiger partial charge in [-0.1, -0.05) is 103 Å². The smallest absolute Gasteiger partial charge is 0.243 e. The van der Waals surface area contributed by atoms with Crippen LogP contribution in [0.15, 0.2) is 72.8 Å². The Labute approximate surface area is 234 Å². The van der Waals surface area contributed by atoms with E-state index in [0.717, 1.165) is 11.1 Å². The van der Waals surface area contributed by atoms with E-state index in [1.807, 2.05) is 56.3 Å². The summed E-state index contributed by atoms with van der Waals surface area (Å²) in [5.41, 5.74) is 4.09. The van der Waals surface area contributed by atoms with Gasteiger partial charge in [0.15, 0.2) is 0 Å². The van der Waals surface area contributed by atoms with E-state index in [-0.39, 0.29) is 24.1 Å². The van der Waals surface area contributed by atoms with Crippen LogP contribution in [0.25, 0.3) is 0 Å². The van der Waals surface area contributed by atoms with Gasteiger partial charge in [-0.25, -0.2) is 0 Å². The quantitative estimate of drug-likeness (QED) is 0.262. The standard InChI is InChI=1S/C30H34Cl2N2O2S/c1-21(2)17-33-30(36)28(15-23-9-5-4-6-10-23)34(18-25-12-13-26(31)16-27(25)32)29(35)20-37-19-24-11-7-8-22(3)14-24/h4-14,16,21,28H,15,17-20H2,1-3H3,(H,33,36)/t28-/m1/s1. The Morgan fingerprint density at radius 3 is 2.35 bits per heavy atom. The Kier molecular flexibility index (Phi) is 11.4. The lowest BCUT2D eigenvalue weighted by Gasteiger charge is -2.32. The number of amides is 2. The maximum absolute atomic E-state index is 13.7. The van der Waals surface area contributed by atoms with Crippen molar-refractivity contribution in [3.05, 3.63) is 105 Å². The first-order chi connectivity index (χ1) is 17.7. The van der Waals surface area contributed by atoms with Crippen LogP contribution >= 0.6 is 35.0 Å². The fourth-order valence-electron chi connectivity index (χ4n) is 3.95. The minimum Gasteiger partial charge on any atom is -0.354 e. The third-order valence-corrected chi connectivity index (χ3v) is 7.46. The van der Waals surface area contributed by atoms with Gasteiger partial charge in [-0.15, -0.1) is 11.8 Å². The fraction of sp³-hybridized carbons (Fsp3) is 0.333. The number of hydrogen-bond donors (Lipinski definition) is 1. The van der Waals surface area contributed by atoms with E-state index in [0.29, 0.717) is 34.7 Å². The molecule has 0 heterocycles. The van der Waals surface area contributed by atoms with Crippen LogP contribution in [0.5, 0.6) is 0 Å². The number of nitrogens with zero attached hydrogens (tertiary/aromatic N) is 1. The lowest BCUT2D eigenvalue weighted by atomic mass is 10.0. The molecule has 0 unspecified atom stereocenters. The third-order valence-electron chi connectivity index (χ3n) is 5.89. The Morgan fingerprint density at radius 1 is 0.946 bits per heavy atom. The molecule has 0 aromatic heterocycles. The summed E-state index contributed by atoms with van der Waals surface area (Å²) in [5.74, 6) is 0.985. The van der Waals surface area contributed by atoms with E-state index < -0.39 is 6.04 Å². The molecule has 0 fully saturated rings. The molecule has 0 saturated heterocycles. The highest BCUT2D eigenvalue weighted by Crippen LogP contribution is 2.25. The van der Waals surface area contributed by atoms with Gasteiger partial charge >= 0.3 is 0 Å². The van der Waals surface area contributed by atoms with Crippen LogP contribution in [0.3, 0.4) is 0 Å². The van der Waals surface area contributed by atoms with Gasteiger partial charge in [0.1, 0.15) is 6.04 Å². The van der Waals surface area contributed by atoms with Crippen molar-refractivity contribution in [2.75, 3.05) is 12.3 Å². The maximum atomic E-state index is 13.7. The van der Waals surface area contributed by atoms with Gasteiger partial charge < -0.3 is 10.2 Å². The van der Waals surface area contributed by atoms with Crippen LogP contribution in [0, 0.1) is 12.8 Å². The summed E-state index contributed by atoms with van der Waals surface area (Å²) >= 11 is 14.2. The molecule has 37 heavy (non-hydrogen) atoms. The Bertz CT molecular complexity index is 1190. The highest BCUT2D eigenvalue weighted by atomic mass is 35.5. The lowest BCUT2D eigenvalue weighted by Crippen LogP contribution is -2.51. The number of thioether (sulfide) groups is 1. The number of carbonyl (C=O) groups is 2. The number of halogens is 2. The first-order valence-electron chi connectivity index (χ1n) is 12.4. The zero-order valence-electron chi connectivity index (χ0n) is 21.5. The number of benzene rings is 3. The SMILES string of the molecule is Cc1cccc(CSCC(=O)N(Cc2ccc(Cl)cc2Cl)[C@H](Cc2ccccc2)C(=O)NCC(C)C)c1. The minimum absolute atomic E-state index is 0.107. The van der Waals surface area contributed by atoms with E-state index in [2.05, 4.69) is 30.4 Å². The highest BCUT2D eigenvalue weighted by Gasteiger charge is 2.30. The summed E-state index contributed by atoms with van der Waals surface area (Å²) in [6, 6.07) is 22.6. The maximum Gasteiger partial charge on any atom is 0.243 e. The van der Waals surface area contributed by atoms with Gasteiger partial charge in [0.05, 0.1) is 5.75 Å². The molecule has 1 atom stereocenters. The van der Waals surface area contributed by atoms with Gasteiger partial charge in [0, 0.05) is 35.3 Å². The first-order valence-corrected chi connectivity index (χ1v) is 14.3. The van der Waals surface area contributed by atoms with E-state index >= 15 is 0 Å². The summed E-state index contributed by atoms with van der Waals surface area (Å²) in [7, 11) is 0. The fourth-order valence-corrected chi connectivity index (χ4v) is 5.28. The van der Waals surface area contributed by atoms with Crippen LogP contribution < -0.4 is 5.32 Å². The molecular formula is C30H34Cl2N2O2S. The van der Waals surface area contributed by atoms with Crippen molar-refractivity contribution in [1.29, 1.82) is 0 Å². The molecule has 1 N–H and O–H groups in total. The number of nitrogens with one attached hydrogen (secondary N) is 1. The average Bonchev–Trinajstić information content (AvgIpc) is 2.86. The number of carbonyl (C=O) groups excluding carboxylic acids is 2. The predicted octanol–water partition coefficient (Wildman–Crippen LogP) is 6.95. The largest absolute Gasteiger partial charge is 0.354 e. The highest BCUT2D eigenvalue weighted by molar-refractivity contribution is 7.99. The van der Waals surface area contributed by atoms with Crippen LogP contribution in [-0.2, 0) is 28.3 Å². The topological polar surface area (TPSA) is 49.4 Å². The van der Waals surface area contributed by atoms with Crippen LogP contribution in [-0.4, -0.2) is 35.1 Å². The second-order valence-corrected chi connectivity index (χ2v) is 11.4. The second-order valence-electron chi connectivity index (χ2n) is 9.58. The van der Waals surface area contributed by atoms with Gasteiger partial charge in [-0.3, -0.25) is 9.59 Å². The second kappa shape index (κ2) is 14.5. The molecule has 0 saturated carbocycles. The third kappa shape index (κ3) is 9.41. The molecule has 0 aliphatic carbocycles. The van der Waals surface area contributed by atoms with Crippen LogP contribution in [0.2, 0.25) is 10.0 Å². The Morgan fingerprint density at radius 2 is 1.68 bits per heavy atom. The molecule has 196 valence electrons. The molecule has 0 radical (unpaired) electrons. The summed E-state index contributed by atoms with van der Waals surface area (Å²) in [6.45, 7) is 6.90. The molecule has 0 aliphatic rings. The molecule has 3 aromatic rings. The first kappa shape index (κ1) is 29.1. The van der Waals surface area contributed by atoms with Crippen molar-refractivity contribution in [3.8, 4) is 0 Å². The molecule has 3 aromatic carbocycles. The van der Waals surface area contributed by atoms with Gasteiger partial charge in [0.25, 0.3) is 0 Å². The van der Waals surface area contributed by atoms with Crippen molar-refractivity contribution in [1.82, 2.24) is 10.2 Å². The number of hydrogen-bond acceptors (Lipinski definition) is 3. The van der Waals surface area contributed by atoms with E-state index in [4.69, 9.17) is 23.2 Å². The average molecular weight is 558 g/mol. The Hall–Kier alpha value is -2.47. The zero-order chi connectivity index (χ0) is 26.8. The van der Waals surface area contributed by atoms with Crippen molar-refractivity contribution in [2.45, 2.75) is 45.5 Å². The van der Waals surface area contributed by atoms with E-state index in [9.17, 15) is 9.59 Å². The molecule has 2 amide bonds. The molecule has 0 bridgehead atoms. The van der Waals surface area contributed by atoms with Gasteiger partial charge in [-0.05, 0) is 41.7 Å². The molecule has 4 nitrogen and oxygen atoms in total. The zero-order valence-corrected chi connectivity index (χ0v) is 23.9. The number of aryl methyl sites for hydroxylation is 1. The monoisotopic (exact) mass is 556 g/mol. The van der Waals surface area contributed by atoms with Crippen molar-refractivity contribution in [3.63, 3.8) is 0 Å². The van der Waals surface area contributed by atoms with Crippen molar-refractivity contribution in [2.24, 2.45) is 5.92 Å². The Balaban J connectivity index is 1.87. The number of rotatable bonds is 12. The minimum atomic E-state index is -0.681. The lowest BCUT2D eigenvalue weighted by molar-refractivity contribution is -0.139. The summed E-state index contributed by atoms with van der Waals surface area (Å²) in [5, 5.41) is 4.04. The van der Waals surface area contributed by atoms with Crippen LogP contribution in [0.4, 0.5) is 0 Å². The molecule has 0 aliphatic heterocycles. The van der Waals surface area contributed by atoms with Crippen molar-refractivity contribution < 1.29 is 9.59 Å².